The second-order valence-electron chi connectivity index (χ2n) is 7.14. The van der Waals surface area contributed by atoms with Crippen LogP contribution < -0.4 is 5.32 Å². The number of methoxy groups -OCH3 is 1. The minimum atomic E-state index is -3.55. The fraction of sp³-hybridized carbons (Fsp3) is 0.333. The molecule has 0 spiro atoms. The molecule has 0 bridgehead atoms. The highest BCUT2D eigenvalue weighted by molar-refractivity contribution is 7.88. The van der Waals surface area contributed by atoms with Gasteiger partial charge in [-0.3, -0.25) is 4.79 Å². The zero-order chi connectivity index (χ0) is 21.7. The van der Waals surface area contributed by atoms with E-state index >= 15 is 0 Å². The largest absolute Gasteiger partial charge is 0.465 e. The van der Waals surface area contributed by atoms with Crippen molar-refractivity contribution >= 4 is 39.2 Å². The van der Waals surface area contributed by atoms with Gasteiger partial charge in [-0.05, 0) is 54.8 Å². The summed E-state index contributed by atoms with van der Waals surface area (Å²) in [4.78, 5) is 24.2. The van der Waals surface area contributed by atoms with Crippen molar-refractivity contribution in [3.8, 4) is 0 Å². The molecule has 0 saturated carbocycles. The van der Waals surface area contributed by atoms with Crippen molar-refractivity contribution in [1.29, 1.82) is 0 Å². The number of piperidine rings is 1. The topological polar surface area (TPSA) is 92.8 Å². The van der Waals surface area contributed by atoms with Gasteiger partial charge in [0.2, 0.25) is 15.9 Å². The molecule has 1 atom stereocenters. The van der Waals surface area contributed by atoms with Crippen LogP contribution >= 0.6 is 11.6 Å². The number of hydrogen-bond acceptors (Lipinski definition) is 5. The molecule has 1 aliphatic heterocycles. The highest BCUT2D eigenvalue weighted by Crippen LogP contribution is 2.23. The standard InChI is InChI=1S/C21H23ClN2O5S/c1-29-21(26)16-6-10-19(11-7-16)23-20(25)17-3-2-12-24(13-17)30(27,28)14-15-4-8-18(22)9-5-15/h4-11,17H,2-3,12-14H2,1H3,(H,23,25). The van der Waals surface area contributed by atoms with Crippen LogP contribution in [0.4, 0.5) is 5.69 Å². The van der Waals surface area contributed by atoms with Gasteiger partial charge in [-0.2, -0.15) is 0 Å². The van der Waals surface area contributed by atoms with Gasteiger partial charge >= 0.3 is 5.97 Å². The van der Waals surface area contributed by atoms with Crippen LogP contribution in [0.2, 0.25) is 5.02 Å². The number of anilines is 1. The van der Waals surface area contributed by atoms with Crippen LogP contribution in [0.25, 0.3) is 0 Å². The number of carbonyl (C=O) groups excluding carboxylic acids is 2. The van der Waals surface area contributed by atoms with E-state index in [1.54, 1.807) is 48.5 Å². The molecule has 1 saturated heterocycles. The Morgan fingerprint density at radius 1 is 1.13 bits per heavy atom. The number of rotatable bonds is 6. The van der Waals surface area contributed by atoms with E-state index in [4.69, 9.17) is 11.6 Å². The van der Waals surface area contributed by atoms with E-state index in [9.17, 15) is 18.0 Å². The lowest BCUT2D eigenvalue weighted by atomic mass is 9.98. The number of esters is 1. The van der Waals surface area contributed by atoms with Crippen LogP contribution in [0.1, 0.15) is 28.8 Å². The maximum Gasteiger partial charge on any atom is 0.337 e. The molecule has 2 aromatic carbocycles. The summed E-state index contributed by atoms with van der Waals surface area (Å²) in [6.45, 7) is 0.537. The molecule has 3 rings (SSSR count). The predicted molar refractivity (Wildman–Crippen MR) is 115 cm³/mol. The molecule has 1 heterocycles. The Labute approximate surface area is 181 Å². The highest BCUT2D eigenvalue weighted by atomic mass is 35.5. The molecule has 1 unspecified atom stereocenters. The molecule has 160 valence electrons. The second kappa shape index (κ2) is 9.59. The lowest BCUT2D eigenvalue weighted by Gasteiger charge is -2.31. The molecule has 0 aromatic heterocycles. The third-order valence-electron chi connectivity index (χ3n) is 4.98. The SMILES string of the molecule is COC(=O)c1ccc(NC(=O)C2CCCN(S(=O)(=O)Cc3ccc(Cl)cc3)C2)cc1. The van der Waals surface area contributed by atoms with Crippen molar-refractivity contribution in [3.63, 3.8) is 0 Å². The molecule has 2 aromatic rings. The number of hydrogen-bond donors (Lipinski definition) is 1. The van der Waals surface area contributed by atoms with E-state index < -0.39 is 21.9 Å². The molecule has 9 heteroatoms. The summed E-state index contributed by atoms with van der Waals surface area (Å²) < 4.78 is 31.7. The van der Waals surface area contributed by atoms with Crippen LogP contribution in [0.5, 0.6) is 0 Å². The van der Waals surface area contributed by atoms with Crippen LogP contribution in [-0.2, 0) is 25.3 Å². The van der Waals surface area contributed by atoms with E-state index in [0.29, 0.717) is 41.2 Å². The van der Waals surface area contributed by atoms with Gasteiger partial charge < -0.3 is 10.1 Å². The zero-order valence-corrected chi connectivity index (χ0v) is 18.1. The van der Waals surface area contributed by atoms with Gasteiger partial charge in [0.05, 0.1) is 24.3 Å². The number of carbonyl (C=O) groups is 2. The van der Waals surface area contributed by atoms with Crippen molar-refractivity contribution in [2.75, 3.05) is 25.5 Å². The molecule has 0 radical (unpaired) electrons. The number of ether oxygens (including phenoxy) is 1. The minimum absolute atomic E-state index is 0.131. The maximum absolute atomic E-state index is 12.8. The molecule has 30 heavy (non-hydrogen) atoms. The van der Waals surface area contributed by atoms with E-state index in [2.05, 4.69) is 10.1 Å². The maximum atomic E-state index is 12.8. The van der Waals surface area contributed by atoms with E-state index in [1.165, 1.54) is 11.4 Å². The smallest absolute Gasteiger partial charge is 0.337 e. The average molecular weight is 451 g/mol. The Morgan fingerprint density at radius 2 is 1.80 bits per heavy atom. The molecule has 1 fully saturated rings. The summed E-state index contributed by atoms with van der Waals surface area (Å²) in [6.07, 6.45) is 1.22. The van der Waals surface area contributed by atoms with Crippen LogP contribution in [0.3, 0.4) is 0 Å². The van der Waals surface area contributed by atoms with Crippen LogP contribution in [0, 0.1) is 5.92 Å². The number of nitrogens with one attached hydrogen (secondary N) is 1. The molecular weight excluding hydrogens is 428 g/mol. The lowest BCUT2D eigenvalue weighted by molar-refractivity contribution is -0.120. The Bertz CT molecular complexity index is 1010. The van der Waals surface area contributed by atoms with Gasteiger partial charge in [0.1, 0.15) is 0 Å². The number of nitrogens with zero attached hydrogens (tertiary/aromatic N) is 1. The minimum Gasteiger partial charge on any atom is -0.465 e. The summed E-state index contributed by atoms with van der Waals surface area (Å²) in [7, 11) is -2.25. The summed E-state index contributed by atoms with van der Waals surface area (Å²) in [5, 5.41) is 3.34. The first-order chi connectivity index (χ1) is 14.3. The molecular formula is C21H23ClN2O5S. The normalized spacial score (nSPS) is 17.3. The van der Waals surface area contributed by atoms with Crippen molar-refractivity contribution in [2.24, 2.45) is 5.92 Å². The molecule has 7 nitrogen and oxygen atoms in total. The number of amides is 1. The van der Waals surface area contributed by atoms with Gasteiger partial charge in [-0.15, -0.1) is 0 Å². The highest BCUT2D eigenvalue weighted by Gasteiger charge is 2.32. The average Bonchev–Trinajstić information content (AvgIpc) is 2.75. The summed E-state index contributed by atoms with van der Waals surface area (Å²) >= 11 is 5.86. The fourth-order valence-electron chi connectivity index (χ4n) is 3.34. The van der Waals surface area contributed by atoms with Crippen molar-refractivity contribution in [2.45, 2.75) is 18.6 Å². The Hall–Kier alpha value is -2.42. The number of halogens is 1. The predicted octanol–water partition coefficient (Wildman–Crippen LogP) is 3.31. The Kier molecular flexibility index (Phi) is 7.12. The van der Waals surface area contributed by atoms with Gasteiger partial charge in [-0.25, -0.2) is 17.5 Å². The molecule has 1 N–H and O–H groups in total. The van der Waals surface area contributed by atoms with Gasteiger partial charge in [0, 0.05) is 23.8 Å². The molecule has 1 amide bonds. The van der Waals surface area contributed by atoms with Crippen molar-refractivity contribution in [3.05, 3.63) is 64.7 Å². The van der Waals surface area contributed by atoms with Crippen LogP contribution in [0.15, 0.2) is 48.5 Å². The Morgan fingerprint density at radius 3 is 2.43 bits per heavy atom. The van der Waals surface area contributed by atoms with Gasteiger partial charge in [0.15, 0.2) is 0 Å². The lowest BCUT2D eigenvalue weighted by Crippen LogP contribution is -2.44. The van der Waals surface area contributed by atoms with Crippen molar-refractivity contribution in [1.82, 2.24) is 4.31 Å². The third-order valence-corrected chi connectivity index (χ3v) is 7.05. The molecule has 1 aliphatic rings. The second-order valence-corrected chi connectivity index (χ2v) is 9.54. The van der Waals surface area contributed by atoms with Gasteiger partial charge in [0.25, 0.3) is 0 Å². The first kappa shape index (κ1) is 22.3. The zero-order valence-electron chi connectivity index (χ0n) is 16.5. The van der Waals surface area contributed by atoms with E-state index in [0.717, 1.165) is 0 Å². The first-order valence-corrected chi connectivity index (χ1v) is 11.5. The number of sulfonamides is 1. The van der Waals surface area contributed by atoms with E-state index in [-0.39, 0.29) is 18.2 Å². The summed E-state index contributed by atoms with van der Waals surface area (Å²) in [5.41, 5.74) is 1.57. The Balaban J connectivity index is 1.62. The first-order valence-electron chi connectivity index (χ1n) is 9.50. The van der Waals surface area contributed by atoms with Crippen molar-refractivity contribution < 1.29 is 22.7 Å². The summed E-state index contributed by atoms with van der Waals surface area (Å²) in [5.74, 6) is -1.28. The third kappa shape index (κ3) is 5.59. The molecule has 0 aliphatic carbocycles. The quantitative estimate of drug-likeness (QED) is 0.681. The van der Waals surface area contributed by atoms with Crippen LogP contribution in [-0.4, -0.2) is 44.8 Å². The van der Waals surface area contributed by atoms with E-state index in [1.807, 2.05) is 0 Å². The van der Waals surface area contributed by atoms with Gasteiger partial charge in [-0.1, -0.05) is 23.7 Å². The number of benzene rings is 2. The monoisotopic (exact) mass is 450 g/mol. The summed E-state index contributed by atoms with van der Waals surface area (Å²) in [6, 6.07) is 13.0. The fourth-order valence-corrected chi connectivity index (χ4v) is 5.08.